The molecule has 1 rings (SSSR count). The molecular formula is C15H24N2O3S. The van der Waals surface area contributed by atoms with Crippen molar-refractivity contribution in [3.63, 3.8) is 0 Å². The Balaban J connectivity index is 3.39. The second kappa shape index (κ2) is 8.02. The molecule has 1 heterocycles. The molecule has 0 bridgehead atoms. The second-order valence-electron chi connectivity index (χ2n) is 4.78. The molecule has 0 atom stereocenters. The molecule has 2 N–H and O–H groups in total. The fourth-order valence-electron chi connectivity index (χ4n) is 2.18. The molecule has 0 radical (unpaired) electrons. The van der Waals surface area contributed by atoms with Crippen molar-refractivity contribution in [3.8, 4) is 0 Å². The van der Waals surface area contributed by atoms with Crippen molar-refractivity contribution in [3.05, 3.63) is 10.4 Å². The highest BCUT2D eigenvalue weighted by Crippen LogP contribution is 2.39. The molecule has 1 aromatic heterocycles. The summed E-state index contributed by atoms with van der Waals surface area (Å²) in [6.07, 6.45) is 2.28. The molecule has 0 saturated carbocycles. The Morgan fingerprint density at radius 1 is 1.19 bits per heavy atom. The van der Waals surface area contributed by atoms with Crippen molar-refractivity contribution in [2.45, 2.75) is 40.0 Å². The van der Waals surface area contributed by atoms with Crippen LogP contribution in [0.4, 0.5) is 10.7 Å². The molecule has 118 valence electrons. The van der Waals surface area contributed by atoms with Gasteiger partial charge in [-0.05, 0) is 12.8 Å². The molecule has 5 nitrogen and oxygen atoms in total. The topological polar surface area (TPSA) is 72.6 Å². The smallest absolute Gasteiger partial charge is 0.343 e. The fourth-order valence-corrected chi connectivity index (χ4v) is 3.45. The van der Waals surface area contributed by atoms with Crippen LogP contribution in [-0.4, -0.2) is 32.0 Å². The first-order chi connectivity index (χ1) is 10.0. The summed E-state index contributed by atoms with van der Waals surface area (Å²) in [6, 6.07) is 0. The van der Waals surface area contributed by atoms with E-state index in [4.69, 9.17) is 10.5 Å². The number of methoxy groups -OCH3 is 1. The highest BCUT2D eigenvalue weighted by molar-refractivity contribution is 7.19. The first-order valence-corrected chi connectivity index (χ1v) is 8.11. The summed E-state index contributed by atoms with van der Waals surface area (Å²) >= 11 is 1.30. The Morgan fingerprint density at radius 2 is 1.76 bits per heavy atom. The minimum absolute atomic E-state index is 0.0400. The standard InChI is InChI=1S/C15H24N2O3S/c1-5-8-17(9-6-2)14-11(15(19)20-4)12(16)13(21-14)10(18)7-3/h5-9,16H2,1-4H3. The van der Waals surface area contributed by atoms with E-state index in [0.29, 0.717) is 16.9 Å². The normalized spacial score (nSPS) is 10.5. The first kappa shape index (κ1) is 17.5. The summed E-state index contributed by atoms with van der Waals surface area (Å²) in [7, 11) is 1.33. The van der Waals surface area contributed by atoms with Crippen LogP contribution in [0.25, 0.3) is 0 Å². The number of rotatable bonds is 8. The molecule has 0 fully saturated rings. The fraction of sp³-hybridized carbons (Fsp3) is 0.600. The highest BCUT2D eigenvalue weighted by atomic mass is 32.1. The van der Waals surface area contributed by atoms with Crippen LogP contribution in [0.1, 0.15) is 60.1 Å². The van der Waals surface area contributed by atoms with Crippen LogP contribution in [0.3, 0.4) is 0 Å². The van der Waals surface area contributed by atoms with Gasteiger partial charge in [0.1, 0.15) is 10.6 Å². The van der Waals surface area contributed by atoms with Gasteiger partial charge >= 0.3 is 5.97 Å². The summed E-state index contributed by atoms with van der Waals surface area (Å²) in [6.45, 7) is 7.58. The number of carbonyl (C=O) groups excluding carboxylic acids is 2. The Bertz CT molecular complexity index is 505. The maximum absolute atomic E-state index is 12.1. The van der Waals surface area contributed by atoms with Crippen molar-refractivity contribution in [1.29, 1.82) is 0 Å². The minimum atomic E-state index is -0.480. The number of ketones is 1. The number of anilines is 2. The predicted molar refractivity (Wildman–Crippen MR) is 87.5 cm³/mol. The number of hydrogen-bond donors (Lipinski definition) is 1. The second-order valence-corrected chi connectivity index (χ2v) is 5.78. The largest absolute Gasteiger partial charge is 0.465 e. The molecule has 21 heavy (non-hydrogen) atoms. The van der Waals surface area contributed by atoms with E-state index in [1.165, 1.54) is 18.4 Å². The summed E-state index contributed by atoms with van der Waals surface area (Å²) in [5.74, 6) is -0.520. The van der Waals surface area contributed by atoms with Gasteiger partial charge in [-0.3, -0.25) is 4.79 Å². The number of nitrogen functional groups attached to an aromatic ring is 1. The average Bonchev–Trinajstić information content (AvgIpc) is 2.83. The Morgan fingerprint density at radius 3 is 2.19 bits per heavy atom. The molecule has 0 aliphatic carbocycles. The van der Waals surface area contributed by atoms with Gasteiger partial charge in [-0.2, -0.15) is 0 Å². The Hall–Kier alpha value is -1.56. The SMILES string of the molecule is CCCN(CCC)c1sc(C(=O)CC)c(N)c1C(=O)OC. The number of ether oxygens (including phenoxy) is 1. The lowest BCUT2D eigenvalue weighted by molar-refractivity contribution is 0.0603. The Kier molecular flexibility index (Phi) is 6.68. The highest BCUT2D eigenvalue weighted by Gasteiger charge is 2.28. The van der Waals surface area contributed by atoms with Crippen LogP contribution >= 0.6 is 11.3 Å². The van der Waals surface area contributed by atoms with Crippen molar-refractivity contribution in [2.75, 3.05) is 30.8 Å². The van der Waals surface area contributed by atoms with Gasteiger partial charge < -0.3 is 15.4 Å². The maximum atomic E-state index is 12.1. The van der Waals surface area contributed by atoms with E-state index < -0.39 is 5.97 Å². The van der Waals surface area contributed by atoms with E-state index in [9.17, 15) is 9.59 Å². The van der Waals surface area contributed by atoms with Crippen molar-refractivity contribution in [2.24, 2.45) is 0 Å². The average molecular weight is 312 g/mol. The van der Waals surface area contributed by atoms with Gasteiger partial charge in [0.25, 0.3) is 0 Å². The van der Waals surface area contributed by atoms with Gasteiger partial charge in [0.05, 0.1) is 17.7 Å². The third-order valence-electron chi connectivity index (χ3n) is 3.16. The van der Waals surface area contributed by atoms with E-state index in [0.717, 1.165) is 30.9 Å². The lowest BCUT2D eigenvalue weighted by Gasteiger charge is -2.23. The lowest BCUT2D eigenvalue weighted by atomic mass is 10.1. The third-order valence-corrected chi connectivity index (χ3v) is 4.47. The van der Waals surface area contributed by atoms with Crippen LogP contribution in [0, 0.1) is 0 Å². The van der Waals surface area contributed by atoms with Gasteiger partial charge in [-0.25, -0.2) is 4.79 Å². The zero-order valence-corrected chi connectivity index (χ0v) is 14.0. The van der Waals surface area contributed by atoms with Crippen LogP contribution in [0.2, 0.25) is 0 Å². The van der Waals surface area contributed by atoms with Gasteiger partial charge in [-0.15, -0.1) is 11.3 Å². The van der Waals surface area contributed by atoms with Crippen LogP contribution in [0.15, 0.2) is 0 Å². The maximum Gasteiger partial charge on any atom is 0.343 e. The Labute approximate surface area is 130 Å². The number of nitrogens with two attached hydrogens (primary N) is 1. The molecule has 0 aromatic carbocycles. The van der Waals surface area contributed by atoms with Gasteiger partial charge in [0.15, 0.2) is 5.78 Å². The summed E-state index contributed by atoms with van der Waals surface area (Å²) < 4.78 is 4.84. The zero-order valence-electron chi connectivity index (χ0n) is 13.2. The van der Waals surface area contributed by atoms with Gasteiger partial charge in [-0.1, -0.05) is 20.8 Å². The molecule has 0 spiro atoms. The number of thiophene rings is 1. The lowest BCUT2D eigenvalue weighted by Crippen LogP contribution is -2.25. The van der Waals surface area contributed by atoms with Crippen LogP contribution in [0.5, 0.6) is 0 Å². The quantitative estimate of drug-likeness (QED) is 0.589. The molecule has 0 aliphatic rings. The summed E-state index contributed by atoms with van der Waals surface area (Å²) in [5, 5.41) is 0.750. The van der Waals surface area contributed by atoms with Crippen molar-refractivity contribution >= 4 is 33.8 Å². The predicted octanol–water partition coefficient (Wildman–Crippen LogP) is 3.34. The van der Waals surface area contributed by atoms with Crippen molar-refractivity contribution in [1.82, 2.24) is 0 Å². The van der Waals surface area contributed by atoms with E-state index in [1.54, 1.807) is 6.92 Å². The summed E-state index contributed by atoms with van der Waals surface area (Å²) in [4.78, 5) is 26.6. The molecule has 1 aromatic rings. The number of hydrogen-bond acceptors (Lipinski definition) is 6. The van der Waals surface area contributed by atoms with E-state index in [2.05, 4.69) is 18.7 Å². The van der Waals surface area contributed by atoms with E-state index >= 15 is 0 Å². The van der Waals surface area contributed by atoms with Gasteiger partial charge in [0, 0.05) is 19.5 Å². The number of nitrogens with zero attached hydrogens (tertiary/aromatic N) is 1. The van der Waals surface area contributed by atoms with Crippen LogP contribution in [-0.2, 0) is 4.74 Å². The van der Waals surface area contributed by atoms with Gasteiger partial charge in [0.2, 0.25) is 0 Å². The first-order valence-electron chi connectivity index (χ1n) is 7.30. The molecule has 0 unspecified atom stereocenters. The molecular weight excluding hydrogens is 288 g/mol. The number of esters is 1. The van der Waals surface area contributed by atoms with Crippen LogP contribution < -0.4 is 10.6 Å². The molecule has 0 aliphatic heterocycles. The minimum Gasteiger partial charge on any atom is -0.465 e. The summed E-state index contributed by atoms with van der Waals surface area (Å²) in [5.41, 5.74) is 6.64. The third kappa shape index (κ3) is 3.75. The number of Topliss-reactive ketones (excluding diaryl/α,β-unsaturated/α-hetero) is 1. The molecule has 0 saturated heterocycles. The van der Waals surface area contributed by atoms with E-state index in [-0.39, 0.29) is 11.5 Å². The van der Waals surface area contributed by atoms with Crippen molar-refractivity contribution < 1.29 is 14.3 Å². The van der Waals surface area contributed by atoms with E-state index in [1.807, 2.05) is 0 Å². The molecule has 0 amide bonds. The molecule has 6 heteroatoms. The monoisotopic (exact) mass is 312 g/mol. The zero-order chi connectivity index (χ0) is 16.0. The number of carbonyl (C=O) groups is 2.